The highest BCUT2D eigenvalue weighted by atomic mass is 16.4. The van der Waals surface area contributed by atoms with Crippen LogP contribution in [0.4, 0.5) is 0 Å². The number of nitrogens with one attached hydrogen (secondary N) is 1. The monoisotopic (exact) mass is 236 g/mol. The van der Waals surface area contributed by atoms with Gasteiger partial charge in [-0.25, -0.2) is 4.98 Å². The van der Waals surface area contributed by atoms with E-state index in [1.807, 2.05) is 6.20 Å². The normalized spacial score (nSPS) is 24.8. The van der Waals surface area contributed by atoms with E-state index in [0.29, 0.717) is 5.92 Å². The second-order valence-electron chi connectivity index (χ2n) is 4.93. The van der Waals surface area contributed by atoms with Gasteiger partial charge in [0.15, 0.2) is 0 Å². The zero-order valence-electron chi connectivity index (χ0n) is 10.3. The molecule has 0 aromatic carbocycles. The van der Waals surface area contributed by atoms with E-state index in [1.165, 1.54) is 5.69 Å². The summed E-state index contributed by atoms with van der Waals surface area (Å²) in [6.45, 7) is 2.15. The van der Waals surface area contributed by atoms with Gasteiger partial charge in [-0.1, -0.05) is 13.3 Å². The summed E-state index contributed by atoms with van der Waals surface area (Å²) in [5.74, 6) is 0.694. The summed E-state index contributed by atoms with van der Waals surface area (Å²) in [5.41, 5.74) is 1.20. The first-order valence-electron chi connectivity index (χ1n) is 6.47. The van der Waals surface area contributed by atoms with Gasteiger partial charge in [0, 0.05) is 17.8 Å². The second kappa shape index (κ2) is 5.34. The summed E-state index contributed by atoms with van der Waals surface area (Å²) in [4.78, 5) is 18.7. The Labute approximate surface area is 101 Å². The van der Waals surface area contributed by atoms with E-state index in [4.69, 9.17) is 5.11 Å². The molecule has 0 atom stereocenters. The quantitative estimate of drug-likeness (QED) is 0.844. The molecule has 4 heteroatoms. The van der Waals surface area contributed by atoms with Crippen LogP contribution in [0.1, 0.15) is 56.5 Å². The van der Waals surface area contributed by atoms with Crippen molar-refractivity contribution in [1.29, 1.82) is 0 Å². The third-order valence-corrected chi connectivity index (χ3v) is 3.63. The third-order valence-electron chi connectivity index (χ3n) is 3.63. The number of aromatic amines is 1. The van der Waals surface area contributed by atoms with Crippen molar-refractivity contribution < 1.29 is 9.90 Å². The molecule has 0 amide bonds. The van der Waals surface area contributed by atoms with Gasteiger partial charge in [0.25, 0.3) is 0 Å². The number of carbonyl (C=O) groups is 1. The van der Waals surface area contributed by atoms with E-state index in [9.17, 15) is 4.79 Å². The molecule has 0 unspecified atom stereocenters. The molecule has 2 N–H and O–H groups in total. The van der Waals surface area contributed by atoms with E-state index in [2.05, 4.69) is 16.9 Å². The van der Waals surface area contributed by atoms with Gasteiger partial charge < -0.3 is 10.1 Å². The molecule has 94 valence electrons. The molecule has 0 radical (unpaired) electrons. The van der Waals surface area contributed by atoms with Crippen LogP contribution in [-0.4, -0.2) is 21.0 Å². The van der Waals surface area contributed by atoms with Gasteiger partial charge in [0.05, 0.1) is 5.92 Å². The molecule has 2 rings (SSSR count). The molecule has 1 aliphatic rings. The van der Waals surface area contributed by atoms with E-state index in [0.717, 1.165) is 44.3 Å². The molecule has 1 aromatic heterocycles. The fourth-order valence-electron chi connectivity index (χ4n) is 2.59. The molecule has 0 saturated heterocycles. The fourth-order valence-corrected chi connectivity index (χ4v) is 2.59. The molecule has 1 saturated carbocycles. The summed E-state index contributed by atoms with van der Waals surface area (Å²) in [6.07, 6.45) is 7.52. The lowest BCUT2D eigenvalue weighted by Gasteiger charge is -2.24. The Morgan fingerprint density at radius 1 is 1.47 bits per heavy atom. The third kappa shape index (κ3) is 2.87. The first-order chi connectivity index (χ1) is 8.20. The van der Waals surface area contributed by atoms with Crippen molar-refractivity contribution in [2.45, 2.75) is 51.4 Å². The number of carboxylic acids is 1. The molecular formula is C13H20N2O2. The first-order valence-corrected chi connectivity index (χ1v) is 6.47. The minimum Gasteiger partial charge on any atom is -0.481 e. The highest BCUT2D eigenvalue weighted by Crippen LogP contribution is 2.34. The number of aliphatic carboxylic acids is 1. The van der Waals surface area contributed by atoms with Crippen molar-refractivity contribution in [2.75, 3.05) is 0 Å². The summed E-state index contributed by atoms with van der Waals surface area (Å²) in [5, 5.41) is 8.95. The van der Waals surface area contributed by atoms with Gasteiger partial charge in [-0.05, 0) is 32.1 Å². The smallest absolute Gasteiger partial charge is 0.306 e. The van der Waals surface area contributed by atoms with Crippen molar-refractivity contribution in [3.8, 4) is 0 Å². The van der Waals surface area contributed by atoms with E-state index in [-0.39, 0.29) is 5.92 Å². The van der Waals surface area contributed by atoms with Gasteiger partial charge in [0.2, 0.25) is 0 Å². The Kier molecular flexibility index (Phi) is 3.82. The topological polar surface area (TPSA) is 66.0 Å². The first kappa shape index (κ1) is 12.1. The van der Waals surface area contributed by atoms with Crippen LogP contribution in [-0.2, 0) is 11.2 Å². The Bertz CT molecular complexity index is 379. The molecule has 0 spiro atoms. The van der Waals surface area contributed by atoms with Gasteiger partial charge in [-0.3, -0.25) is 4.79 Å². The van der Waals surface area contributed by atoms with Gasteiger partial charge in [-0.15, -0.1) is 0 Å². The van der Waals surface area contributed by atoms with Crippen molar-refractivity contribution >= 4 is 5.97 Å². The Hall–Kier alpha value is -1.32. The molecule has 4 nitrogen and oxygen atoms in total. The highest BCUT2D eigenvalue weighted by Gasteiger charge is 2.27. The number of imidazole rings is 1. The molecule has 0 bridgehead atoms. The Morgan fingerprint density at radius 2 is 2.18 bits per heavy atom. The van der Waals surface area contributed by atoms with Crippen LogP contribution >= 0.6 is 0 Å². The zero-order chi connectivity index (χ0) is 12.3. The molecule has 1 aliphatic carbocycles. The van der Waals surface area contributed by atoms with Crippen molar-refractivity contribution in [3.05, 3.63) is 17.7 Å². The SMILES string of the molecule is CCCc1cnc(C2CCC(C(=O)O)CC2)[nH]1. The molecule has 1 fully saturated rings. The maximum atomic E-state index is 10.9. The van der Waals surface area contributed by atoms with Crippen LogP contribution in [0.15, 0.2) is 6.20 Å². The number of hydrogen-bond donors (Lipinski definition) is 2. The summed E-state index contributed by atoms with van der Waals surface area (Å²) >= 11 is 0. The maximum absolute atomic E-state index is 10.9. The number of rotatable bonds is 4. The highest BCUT2D eigenvalue weighted by molar-refractivity contribution is 5.70. The lowest BCUT2D eigenvalue weighted by atomic mass is 9.82. The summed E-state index contributed by atoms with van der Waals surface area (Å²) in [7, 11) is 0. The van der Waals surface area contributed by atoms with Crippen LogP contribution in [0.3, 0.4) is 0 Å². The number of H-pyrrole nitrogens is 1. The fraction of sp³-hybridized carbons (Fsp3) is 0.692. The Balaban J connectivity index is 1.93. The van der Waals surface area contributed by atoms with Gasteiger partial charge in [0.1, 0.15) is 5.82 Å². The average Bonchev–Trinajstić information content (AvgIpc) is 2.78. The van der Waals surface area contributed by atoms with Crippen molar-refractivity contribution in [1.82, 2.24) is 9.97 Å². The van der Waals surface area contributed by atoms with Crippen LogP contribution in [0.25, 0.3) is 0 Å². The second-order valence-corrected chi connectivity index (χ2v) is 4.93. The lowest BCUT2D eigenvalue weighted by molar-refractivity contribution is -0.142. The van der Waals surface area contributed by atoms with E-state index < -0.39 is 5.97 Å². The Morgan fingerprint density at radius 3 is 2.76 bits per heavy atom. The standard InChI is InChI=1S/C13H20N2O2/c1-2-3-11-8-14-12(15-11)9-4-6-10(7-5-9)13(16)17/h8-10H,2-7H2,1H3,(H,14,15)(H,16,17). The average molecular weight is 236 g/mol. The maximum Gasteiger partial charge on any atom is 0.306 e. The van der Waals surface area contributed by atoms with Crippen molar-refractivity contribution in [3.63, 3.8) is 0 Å². The van der Waals surface area contributed by atoms with Gasteiger partial charge >= 0.3 is 5.97 Å². The van der Waals surface area contributed by atoms with Crippen molar-refractivity contribution in [2.24, 2.45) is 5.92 Å². The molecule has 1 aromatic rings. The molecule has 17 heavy (non-hydrogen) atoms. The predicted molar refractivity (Wildman–Crippen MR) is 64.9 cm³/mol. The zero-order valence-corrected chi connectivity index (χ0v) is 10.3. The predicted octanol–water partition coefficient (Wildman–Crippen LogP) is 2.72. The largest absolute Gasteiger partial charge is 0.481 e. The van der Waals surface area contributed by atoms with Crippen LogP contribution < -0.4 is 0 Å². The number of aromatic nitrogens is 2. The van der Waals surface area contributed by atoms with Crippen LogP contribution in [0.2, 0.25) is 0 Å². The number of carboxylic acid groups (broad SMARTS) is 1. The summed E-state index contributed by atoms with van der Waals surface area (Å²) in [6, 6.07) is 0. The van der Waals surface area contributed by atoms with E-state index >= 15 is 0 Å². The van der Waals surface area contributed by atoms with Gasteiger partial charge in [-0.2, -0.15) is 0 Å². The van der Waals surface area contributed by atoms with Crippen LogP contribution in [0, 0.1) is 5.92 Å². The number of hydrogen-bond acceptors (Lipinski definition) is 2. The molecule has 0 aliphatic heterocycles. The van der Waals surface area contributed by atoms with E-state index in [1.54, 1.807) is 0 Å². The molecule has 1 heterocycles. The number of nitrogens with zero attached hydrogens (tertiary/aromatic N) is 1. The number of aryl methyl sites for hydroxylation is 1. The summed E-state index contributed by atoms with van der Waals surface area (Å²) < 4.78 is 0. The minimum atomic E-state index is -0.644. The minimum absolute atomic E-state index is 0.142. The molecular weight excluding hydrogens is 216 g/mol. The lowest BCUT2D eigenvalue weighted by Crippen LogP contribution is -2.21. The van der Waals surface area contributed by atoms with Crippen LogP contribution in [0.5, 0.6) is 0 Å².